The molecule has 0 aliphatic rings. The standard InChI is InChI=1S/C14H13BrFNO2/c1-8-6-10(16)7-9(2)12(8)19-13-11(15)4-5-17(3)14(13)18/h4-7H,1-3H3/i1D3,2D3. The van der Waals surface area contributed by atoms with Crippen LogP contribution in [-0.2, 0) is 7.05 Å². The molecule has 0 saturated carbocycles. The summed E-state index contributed by atoms with van der Waals surface area (Å²) in [4.78, 5) is 12.2. The van der Waals surface area contributed by atoms with Crippen LogP contribution < -0.4 is 10.3 Å². The summed E-state index contributed by atoms with van der Waals surface area (Å²) in [6, 6.07) is 2.84. The summed E-state index contributed by atoms with van der Waals surface area (Å²) in [7, 11) is 1.45. The van der Waals surface area contributed by atoms with Crippen LogP contribution in [0.4, 0.5) is 4.39 Å². The van der Waals surface area contributed by atoms with Crippen LogP contribution in [0.25, 0.3) is 0 Å². The van der Waals surface area contributed by atoms with Crippen LogP contribution in [0.15, 0.2) is 33.7 Å². The first kappa shape index (κ1) is 7.85. The van der Waals surface area contributed by atoms with Crippen molar-refractivity contribution >= 4 is 15.9 Å². The Morgan fingerprint density at radius 1 is 1.32 bits per heavy atom. The molecular weight excluding hydrogens is 313 g/mol. The molecule has 0 aliphatic carbocycles. The number of nitrogens with zero attached hydrogens (tertiary/aromatic N) is 1. The van der Waals surface area contributed by atoms with Gasteiger partial charge in [0.2, 0.25) is 5.75 Å². The summed E-state index contributed by atoms with van der Waals surface area (Å²) >= 11 is 3.11. The van der Waals surface area contributed by atoms with E-state index in [4.69, 9.17) is 13.0 Å². The third kappa shape index (κ3) is 2.71. The highest BCUT2D eigenvalue weighted by Gasteiger charge is 2.13. The second-order valence-corrected chi connectivity index (χ2v) is 4.70. The Morgan fingerprint density at radius 2 is 1.95 bits per heavy atom. The van der Waals surface area contributed by atoms with Crippen LogP contribution in [0.2, 0.25) is 0 Å². The Bertz CT molecular complexity index is 840. The molecule has 0 amide bonds. The largest absolute Gasteiger partial charge is 0.450 e. The number of pyridine rings is 1. The summed E-state index contributed by atoms with van der Waals surface area (Å²) in [5.74, 6) is -1.90. The van der Waals surface area contributed by atoms with Crippen molar-refractivity contribution in [2.24, 2.45) is 7.05 Å². The molecule has 19 heavy (non-hydrogen) atoms. The lowest BCUT2D eigenvalue weighted by Crippen LogP contribution is -2.17. The fourth-order valence-electron chi connectivity index (χ4n) is 1.48. The minimum atomic E-state index is -2.84. The van der Waals surface area contributed by atoms with Crippen molar-refractivity contribution in [2.45, 2.75) is 13.7 Å². The molecule has 2 rings (SSSR count). The first-order chi connectivity index (χ1) is 11.3. The van der Waals surface area contributed by atoms with Gasteiger partial charge in [0, 0.05) is 21.5 Å². The maximum atomic E-state index is 13.8. The molecule has 0 unspecified atom stereocenters. The number of aromatic nitrogens is 1. The average Bonchev–Trinajstić information content (AvgIpc) is 2.46. The number of hydrogen-bond acceptors (Lipinski definition) is 2. The van der Waals surface area contributed by atoms with Crippen LogP contribution in [0.1, 0.15) is 19.4 Å². The zero-order valence-electron chi connectivity index (χ0n) is 15.8. The quantitative estimate of drug-likeness (QED) is 0.840. The molecule has 2 aromatic rings. The van der Waals surface area contributed by atoms with Gasteiger partial charge in [-0.3, -0.25) is 4.79 Å². The van der Waals surface area contributed by atoms with E-state index in [0.717, 1.165) is 0 Å². The van der Waals surface area contributed by atoms with Crippen LogP contribution in [0, 0.1) is 19.5 Å². The maximum Gasteiger partial charge on any atom is 0.294 e. The summed E-state index contributed by atoms with van der Waals surface area (Å²) < 4.78 is 65.8. The number of ether oxygens (including phenoxy) is 1. The number of hydrogen-bond donors (Lipinski definition) is 0. The van der Waals surface area contributed by atoms with Gasteiger partial charge >= 0.3 is 0 Å². The predicted molar refractivity (Wildman–Crippen MR) is 75.3 cm³/mol. The van der Waals surface area contributed by atoms with Gasteiger partial charge in [0.15, 0.2) is 0 Å². The molecule has 0 radical (unpaired) electrons. The van der Waals surface area contributed by atoms with E-state index in [-0.39, 0.29) is 10.2 Å². The van der Waals surface area contributed by atoms with Gasteiger partial charge in [-0.25, -0.2) is 4.39 Å². The van der Waals surface area contributed by atoms with Crippen LogP contribution in [0.5, 0.6) is 11.5 Å². The zero-order valence-corrected chi connectivity index (χ0v) is 11.4. The fraction of sp³-hybridized carbons (Fsp3) is 0.214. The monoisotopic (exact) mass is 331 g/mol. The smallest absolute Gasteiger partial charge is 0.294 e. The molecule has 100 valence electrons. The van der Waals surface area contributed by atoms with Gasteiger partial charge in [0.25, 0.3) is 5.56 Å². The van der Waals surface area contributed by atoms with E-state index in [1.54, 1.807) is 0 Å². The van der Waals surface area contributed by atoms with Crippen LogP contribution in [0.3, 0.4) is 0 Å². The van der Waals surface area contributed by atoms with Gasteiger partial charge in [0.05, 0.1) is 4.47 Å². The third-order valence-corrected chi connectivity index (χ3v) is 3.06. The van der Waals surface area contributed by atoms with Gasteiger partial charge < -0.3 is 9.30 Å². The van der Waals surface area contributed by atoms with Crippen molar-refractivity contribution in [3.05, 3.63) is 56.2 Å². The normalized spacial score (nSPS) is 16.6. The Labute approximate surface area is 127 Å². The van der Waals surface area contributed by atoms with Crippen molar-refractivity contribution in [3.8, 4) is 11.5 Å². The van der Waals surface area contributed by atoms with Crippen LogP contribution >= 0.6 is 15.9 Å². The summed E-state index contributed by atoms with van der Waals surface area (Å²) in [6.45, 7) is -5.69. The Balaban J connectivity index is 2.80. The van der Waals surface area contributed by atoms with Crippen molar-refractivity contribution in [2.75, 3.05) is 0 Å². The van der Waals surface area contributed by atoms with Gasteiger partial charge in [-0.05, 0) is 59.0 Å². The first-order valence-corrected chi connectivity index (χ1v) is 5.99. The molecule has 0 atom stereocenters. The van der Waals surface area contributed by atoms with Crippen molar-refractivity contribution in [1.29, 1.82) is 0 Å². The van der Waals surface area contributed by atoms with Crippen LogP contribution in [-0.4, -0.2) is 4.57 Å². The molecule has 5 heteroatoms. The van der Waals surface area contributed by atoms with E-state index < -0.39 is 42.0 Å². The number of benzene rings is 1. The average molecular weight is 332 g/mol. The minimum Gasteiger partial charge on any atom is -0.450 e. The van der Waals surface area contributed by atoms with Gasteiger partial charge in [0.1, 0.15) is 11.6 Å². The molecule has 3 nitrogen and oxygen atoms in total. The highest BCUT2D eigenvalue weighted by atomic mass is 79.9. The topological polar surface area (TPSA) is 31.2 Å². The lowest BCUT2D eigenvalue weighted by molar-refractivity contribution is 0.457. The molecular formula is C14H13BrFNO2. The lowest BCUT2D eigenvalue weighted by Gasteiger charge is -2.13. The SMILES string of the molecule is [2H]C([2H])([2H])c1cc(F)cc(C([2H])([2H])[2H])c1Oc1c(Br)ccn(C)c1=O. The van der Waals surface area contributed by atoms with E-state index in [9.17, 15) is 9.18 Å². The molecule has 1 heterocycles. The summed E-state index contributed by atoms with van der Waals surface area (Å²) in [6.07, 6.45) is 1.44. The van der Waals surface area contributed by atoms with Gasteiger partial charge in [-0.2, -0.15) is 0 Å². The molecule has 0 bridgehead atoms. The van der Waals surface area contributed by atoms with Gasteiger partial charge in [-0.1, -0.05) is 0 Å². The maximum absolute atomic E-state index is 13.8. The minimum absolute atomic E-state index is 0.202. The first-order valence-electron chi connectivity index (χ1n) is 8.20. The molecule has 0 aliphatic heterocycles. The molecule has 0 saturated heterocycles. The van der Waals surface area contributed by atoms with Crippen molar-refractivity contribution in [1.82, 2.24) is 4.57 Å². The highest BCUT2D eigenvalue weighted by molar-refractivity contribution is 9.10. The van der Waals surface area contributed by atoms with Crippen molar-refractivity contribution in [3.63, 3.8) is 0 Å². The zero-order chi connectivity index (χ0) is 19.2. The Kier molecular flexibility index (Phi) is 2.13. The molecule has 1 aromatic carbocycles. The molecule has 0 spiro atoms. The summed E-state index contributed by atoms with van der Waals surface area (Å²) in [5.41, 5.74) is -1.88. The number of halogens is 2. The second kappa shape index (κ2) is 5.17. The van der Waals surface area contributed by atoms with Gasteiger partial charge in [-0.15, -0.1) is 0 Å². The number of aryl methyl sites for hydroxylation is 3. The van der Waals surface area contributed by atoms with E-state index >= 15 is 0 Å². The van der Waals surface area contributed by atoms with E-state index in [0.29, 0.717) is 12.1 Å². The predicted octanol–water partition coefficient (Wildman–Crippen LogP) is 3.70. The lowest BCUT2D eigenvalue weighted by atomic mass is 10.1. The van der Waals surface area contributed by atoms with E-state index in [1.165, 1.54) is 23.9 Å². The van der Waals surface area contributed by atoms with E-state index in [1.807, 2.05) is 0 Å². The molecule has 0 fully saturated rings. The second-order valence-electron chi connectivity index (χ2n) is 3.84. The Morgan fingerprint density at radius 3 is 2.53 bits per heavy atom. The van der Waals surface area contributed by atoms with Crippen molar-refractivity contribution < 1.29 is 17.4 Å². The third-order valence-electron chi connectivity index (χ3n) is 2.43. The molecule has 1 aromatic heterocycles. The fourth-order valence-corrected chi connectivity index (χ4v) is 1.85. The highest BCUT2D eigenvalue weighted by Crippen LogP contribution is 2.31. The number of rotatable bonds is 2. The van der Waals surface area contributed by atoms with E-state index in [2.05, 4.69) is 15.9 Å². The molecule has 0 N–H and O–H groups in total. The summed E-state index contributed by atoms with van der Waals surface area (Å²) in [5, 5.41) is 0. The Hall–Kier alpha value is -1.62.